The average molecular weight is 380 g/mol. The van der Waals surface area contributed by atoms with Crippen molar-refractivity contribution >= 4 is 16.3 Å². The Hall–Kier alpha value is -3.26. The minimum atomic E-state index is -0.312. The Morgan fingerprint density at radius 1 is 1.00 bits per heavy atom. The molecule has 0 saturated carbocycles. The summed E-state index contributed by atoms with van der Waals surface area (Å²) in [5.41, 5.74) is 2.49. The predicted octanol–water partition coefficient (Wildman–Crippen LogP) is 3.21. The standard InChI is InChI=1S/C19H16N4O3S/c1-11-7-9-12(10-8-11)15-18(24)23-19(21-20-15)27-17(22-23)13-5-4-6-14(25-2)16(13)26-3/h4-10H,1-3H3. The van der Waals surface area contributed by atoms with Crippen LogP contribution < -0.4 is 15.0 Å². The third-order valence-corrected chi connectivity index (χ3v) is 5.08. The summed E-state index contributed by atoms with van der Waals surface area (Å²) in [5.74, 6) is 1.15. The monoisotopic (exact) mass is 380 g/mol. The van der Waals surface area contributed by atoms with E-state index in [1.807, 2.05) is 43.3 Å². The maximum atomic E-state index is 12.9. The first-order valence-electron chi connectivity index (χ1n) is 8.17. The van der Waals surface area contributed by atoms with Gasteiger partial charge in [0.1, 0.15) is 0 Å². The van der Waals surface area contributed by atoms with Gasteiger partial charge in [-0.2, -0.15) is 9.61 Å². The molecule has 0 saturated heterocycles. The number of para-hydroxylation sites is 1. The van der Waals surface area contributed by atoms with Crippen molar-refractivity contribution in [2.24, 2.45) is 0 Å². The molecule has 4 aromatic rings. The van der Waals surface area contributed by atoms with Gasteiger partial charge in [-0.25, -0.2) is 0 Å². The second-order valence-corrected chi connectivity index (χ2v) is 6.82. The van der Waals surface area contributed by atoms with E-state index in [4.69, 9.17) is 9.47 Å². The summed E-state index contributed by atoms with van der Waals surface area (Å²) in [4.78, 5) is 13.3. The third-order valence-electron chi connectivity index (χ3n) is 4.15. The Balaban J connectivity index is 1.88. The van der Waals surface area contributed by atoms with Gasteiger partial charge in [-0.05, 0) is 19.1 Å². The number of aryl methyl sites for hydroxylation is 1. The van der Waals surface area contributed by atoms with E-state index >= 15 is 0 Å². The van der Waals surface area contributed by atoms with Gasteiger partial charge in [0.25, 0.3) is 0 Å². The van der Waals surface area contributed by atoms with Gasteiger partial charge >= 0.3 is 5.56 Å². The van der Waals surface area contributed by atoms with Gasteiger partial charge in [-0.3, -0.25) is 4.79 Å². The molecule has 2 aromatic carbocycles. The van der Waals surface area contributed by atoms with Crippen molar-refractivity contribution in [3.8, 4) is 33.3 Å². The number of ether oxygens (including phenoxy) is 2. The molecule has 0 aliphatic carbocycles. The van der Waals surface area contributed by atoms with Crippen molar-refractivity contribution in [1.29, 1.82) is 0 Å². The molecule has 136 valence electrons. The molecule has 2 heterocycles. The predicted molar refractivity (Wildman–Crippen MR) is 104 cm³/mol. The SMILES string of the molecule is COc1cccc(-c2nn3c(=O)c(-c4ccc(C)cc4)nnc3s2)c1OC. The molecule has 4 rings (SSSR count). The maximum Gasteiger partial charge on any atom is 0.302 e. The zero-order chi connectivity index (χ0) is 19.0. The molecule has 0 N–H and O–H groups in total. The van der Waals surface area contributed by atoms with E-state index < -0.39 is 0 Å². The van der Waals surface area contributed by atoms with Crippen molar-refractivity contribution in [3.63, 3.8) is 0 Å². The van der Waals surface area contributed by atoms with Crippen molar-refractivity contribution in [2.75, 3.05) is 14.2 Å². The van der Waals surface area contributed by atoms with E-state index in [0.717, 1.165) is 11.1 Å². The summed E-state index contributed by atoms with van der Waals surface area (Å²) < 4.78 is 12.1. The molecule has 0 bridgehead atoms. The second-order valence-electron chi connectivity index (χ2n) is 5.86. The van der Waals surface area contributed by atoms with Gasteiger partial charge < -0.3 is 9.47 Å². The number of nitrogens with zero attached hydrogens (tertiary/aromatic N) is 4. The summed E-state index contributed by atoms with van der Waals surface area (Å²) >= 11 is 1.26. The number of aromatic nitrogens is 4. The van der Waals surface area contributed by atoms with E-state index in [1.165, 1.54) is 15.9 Å². The van der Waals surface area contributed by atoms with Gasteiger partial charge in [-0.15, -0.1) is 10.2 Å². The quantitative estimate of drug-likeness (QED) is 0.541. The van der Waals surface area contributed by atoms with Crippen molar-refractivity contribution in [1.82, 2.24) is 19.8 Å². The molecular weight excluding hydrogens is 364 g/mol. The molecule has 0 radical (unpaired) electrons. The van der Waals surface area contributed by atoms with Crippen LogP contribution in [0.15, 0.2) is 47.3 Å². The lowest BCUT2D eigenvalue weighted by molar-refractivity contribution is 0.356. The number of benzene rings is 2. The van der Waals surface area contributed by atoms with Gasteiger partial charge in [-0.1, -0.05) is 47.2 Å². The molecule has 2 aromatic heterocycles. The van der Waals surface area contributed by atoms with Crippen LogP contribution in [0.4, 0.5) is 0 Å². The van der Waals surface area contributed by atoms with Crippen LogP contribution in [0.5, 0.6) is 11.5 Å². The van der Waals surface area contributed by atoms with Crippen LogP contribution >= 0.6 is 11.3 Å². The zero-order valence-electron chi connectivity index (χ0n) is 15.0. The molecule has 0 unspecified atom stereocenters. The fourth-order valence-corrected chi connectivity index (χ4v) is 3.63. The number of fused-ring (bicyclic) bond motifs is 1. The Kier molecular flexibility index (Phi) is 4.33. The first-order valence-corrected chi connectivity index (χ1v) is 8.99. The van der Waals surface area contributed by atoms with Crippen LogP contribution in [-0.4, -0.2) is 34.0 Å². The topological polar surface area (TPSA) is 78.6 Å². The Labute approximate surface area is 158 Å². The number of hydrogen-bond acceptors (Lipinski definition) is 7. The van der Waals surface area contributed by atoms with Crippen molar-refractivity contribution in [2.45, 2.75) is 6.92 Å². The molecule has 0 amide bonds. The van der Waals surface area contributed by atoms with E-state index in [-0.39, 0.29) is 11.3 Å². The summed E-state index contributed by atoms with van der Waals surface area (Å²) in [5, 5.41) is 13.4. The molecule has 0 atom stereocenters. The second kappa shape index (κ2) is 6.81. The molecule has 27 heavy (non-hydrogen) atoms. The first kappa shape index (κ1) is 17.2. The van der Waals surface area contributed by atoms with Crippen molar-refractivity contribution in [3.05, 3.63) is 58.4 Å². The summed E-state index contributed by atoms with van der Waals surface area (Å²) in [6.07, 6.45) is 0. The zero-order valence-corrected chi connectivity index (χ0v) is 15.8. The Morgan fingerprint density at radius 3 is 2.48 bits per heavy atom. The molecule has 0 spiro atoms. The Bertz CT molecular complexity index is 1180. The Morgan fingerprint density at radius 2 is 1.78 bits per heavy atom. The van der Waals surface area contributed by atoms with Crippen LogP contribution in [0, 0.1) is 6.92 Å². The smallest absolute Gasteiger partial charge is 0.302 e. The fourth-order valence-electron chi connectivity index (χ4n) is 2.77. The van der Waals surface area contributed by atoms with Crippen LogP contribution in [0.2, 0.25) is 0 Å². The lowest BCUT2D eigenvalue weighted by atomic mass is 10.1. The van der Waals surface area contributed by atoms with E-state index in [0.29, 0.717) is 27.0 Å². The van der Waals surface area contributed by atoms with Gasteiger partial charge in [0.05, 0.1) is 19.8 Å². The third kappa shape index (κ3) is 2.93. The normalized spacial score (nSPS) is 10.9. The summed E-state index contributed by atoms with van der Waals surface area (Å²) in [6.45, 7) is 1.99. The lowest BCUT2D eigenvalue weighted by Gasteiger charge is -2.10. The fraction of sp³-hybridized carbons (Fsp3) is 0.158. The van der Waals surface area contributed by atoms with Crippen LogP contribution in [0.25, 0.3) is 26.8 Å². The van der Waals surface area contributed by atoms with Gasteiger partial charge in [0, 0.05) is 5.56 Å². The van der Waals surface area contributed by atoms with E-state index in [9.17, 15) is 4.79 Å². The number of hydrogen-bond donors (Lipinski definition) is 0. The average Bonchev–Trinajstić information content (AvgIpc) is 3.13. The number of methoxy groups -OCH3 is 2. The highest BCUT2D eigenvalue weighted by atomic mass is 32.1. The lowest BCUT2D eigenvalue weighted by Crippen LogP contribution is -2.19. The highest BCUT2D eigenvalue weighted by molar-refractivity contribution is 7.19. The van der Waals surface area contributed by atoms with Crippen LogP contribution in [0.3, 0.4) is 0 Å². The molecule has 8 heteroatoms. The summed E-state index contributed by atoms with van der Waals surface area (Å²) in [6, 6.07) is 13.1. The largest absolute Gasteiger partial charge is 0.493 e. The van der Waals surface area contributed by atoms with Crippen LogP contribution in [0.1, 0.15) is 5.56 Å². The van der Waals surface area contributed by atoms with Crippen LogP contribution in [-0.2, 0) is 0 Å². The molecule has 7 nitrogen and oxygen atoms in total. The van der Waals surface area contributed by atoms with Gasteiger partial charge in [0.15, 0.2) is 22.2 Å². The molecular formula is C19H16N4O3S. The summed E-state index contributed by atoms with van der Waals surface area (Å²) in [7, 11) is 3.14. The molecule has 0 aliphatic rings. The molecule has 0 fully saturated rings. The number of rotatable bonds is 4. The van der Waals surface area contributed by atoms with E-state index in [1.54, 1.807) is 20.3 Å². The first-order chi connectivity index (χ1) is 13.1. The highest BCUT2D eigenvalue weighted by Crippen LogP contribution is 2.39. The van der Waals surface area contributed by atoms with Crippen molar-refractivity contribution < 1.29 is 9.47 Å². The highest BCUT2D eigenvalue weighted by Gasteiger charge is 2.18. The maximum absolute atomic E-state index is 12.9. The van der Waals surface area contributed by atoms with E-state index in [2.05, 4.69) is 15.3 Å². The minimum Gasteiger partial charge on any atom is -0.493 e. The minimum absolute atomic E-state index is 0.266. The van der Waals surface area contributed by atoms with Gasteiger partial charge in [0.2, 0.25) is 4.96 Å². The molecule has 0 aliphatic heterocycles.